The number of amides is 2. The zero-order valence-corrected chi connectivity index (χ0v) is 24.3. The molecule has 0 bridgehead atoms. The summed E-state index contributed by atoms with van der Waals surface area (Å²) in [6.07, 6.45) is 6.18. The first-order valence-electron chi connectivity index (χ1n) is 14.4. The summed E-state index contributed by atoms with van der Waals surface area (Å²) in [6, 6.07) is 14.0. The molecule has 40 heavy (non-hydrogen) atoms. The van der Waals surface area contributed by atoms with Crippen molar-refractivity contribution < 1.29 is 27.5 Å². The van der Waals surface area contributed by atoms with Crippen molar-refractivity contribution in [3.63, 3.8) is 0 Å². The summed E-state index contributed by atoms with van der Waals surface area (Å²) in [5.74, 6) is 0.184. The standard InChI is InChI=1S/C30H41N3O6S/c1-3-26(30(35)31-24-13-9-6-10-14-24)32(18-17-23-11-7-5-8-12-23)29(34)22-33(40(36,37)4-2)25-15-16-27-28(21-25)39-20-19-38-27/h5,7-8,11-12,15-16,21,24,26H,3-4,6,9-10,13-14,17-20,22H2,1-2H3,(H,31,35). The lowest BCUT2D eigenvalue weighted by Gasteiger charge is -2.34. The van der Waals surface area contributed by atoms with Gasteiger partial charge in [-0.15, -0.1) is 0 Å². The van der Waals surface area contributed by atoms with E-state index < -0.39 is 28.5 Å². The van der Waals surface area contributed by atoms with Crippen LogP contribution < -0.4 is 19.1 Å². The Bertz CT molecular complexity index is 1250. The third kappa shape index (κ3) is 7.47. The maximum absolute atomic E-state index is 14.0. The molecule has 2 aromatic rings. The summed E-state index contributed by atoms with van der Waals surface area (Å²) >= 11 is 0. The summed E-state index contributed by atoms with van der Waals surface area (Å²) in [6.45, 7) is 4.08. The second-order valence-electron chi connectivity index (χ2n) is 10.3. The largest absolute Gasteiger partial charge is 0.486 e. The second-order valence-corrected chi connectivity index (χ2v) is 12.5. The number of hydrogen-bond acceptors (Lipinski definition) is 6. The SMILES string of the molecule is CCC(C(=O)NC1CCCCC1)N(CCc1ccccc1)C(=O)CN(c1ccc2c(c1)OCCO2)S(=O)(=O)CC. The van der Waals surface area contributed by atoms with E-state index in [1.807, 2.05) is 37.3 Å². The number of benzene rings is 2. The Labute approximate surface area is 237 Å². The molecular formula is C30H41N3O6S. The van der Waals surface area contributed by atoms with Crippen LogP contribution in [0.15, 0.2) is 48.5 Å². The maximum atomic E-state index is 14.0. The molecule has 4 rings (SSSR count). The molecule has 0 saturated heterocycles. The molecular weight excluding hydrogens is 530 g/mol. The monoisotopic (exact) mass is 571 g/mol. The molecule has 1 fully saturated rings. The quantitative estimate of drug-likeness (QED) is 0.414. The Morgan fingerprint density at radius 1 is 0.975 bits per heavy atom. The number of sulfonamides is 1. The van der Waals surface area contributed by atoms with Crippen molar-refractivity contribution >= 4 is 27.5 Å². The minimum Gasteiger partial charge on any atom is -0.486 e. The molecule has 1 aliphatic carbocycles. The van der Waals surface area contributed by atoms with Crippen molar-refractivity contribution in [2.24, 2.45) is 0 Å². The van der Waals surface area contributed by atoms with E-state index in [4.69, 9.17) is 9.47 Å². The van der Waals surface area contributed by atoms with Crippen molar-refractivity contribution in [2.75, 3.05) is 36.4 Å². The molecule has 2 aliphatic rings. The lowest BCUT2D eigenvalue weighted by molar-refractivity contribution is -0.140. The van der Waals surface area contributed by atoms with E-state index in [9.17, 15) is 18.0 Å². The lowest BCUT2D eigenvalue weighted by Crippen LogP contribution is -2.54. The minimum atomic E-state index is -3.82. The van der Waals surface area contributed by atoms with Gasteiger partial charge < -0.3 is 19.7 Å². The zero-order valence-electron chi connectivity index (χ0n) is 23.5. The highest BCUT2D eigenvalue weighted by molar-refractivity contribution is 7.92. The van der Waals surface area contributed by atoms with E-state index in [1.165, 1.54) is 6.42 Å². The first kappa shape index (κ1) is 29.7. The van der Waals surface area contributed by atoms with Crippen molar-refractivity contribution in [3.05, 3.63) is 54.1 Å². The Morgan fingerprint density at radius 3 is 2.35 bits per heavy atom. The molecule has 0 aromatic heterocycles. The van der Waals surface area contributed by atoms with Crippen LogP contribution in [0.25, 0.3) is 0 Å². The van der Waals surface area contributed by atoms with Crippen LogP contribution in [-0.4, -0.2) is 69.3 Å². The Morgan fingerprint density at radius 2 is 1.68 bits per heavy atom. The molecule has 1 saturated carbocycles. The van der Waals surface area contributed by atoms with Crippen LogP contribution in [-0.2, 0) is 26.0 Å². The van der Waals surface area contributed by atoms with Gasteiger partial charge in [0.2, 0.25) is 21.8 Å². The van der Waals surface area contributed by atoms with Gasteiger partial charge >= 0.3 is 0 Å². The van der Waals surface area contributed by atoms with E-state index in [0.29, 0.717) is 49.8 Å². The first-order chi connectivity index (χ1) is 19.3. The number of hydrogen-bond donors (Lipinski definition) is 1. The van der Waals surface area contributed by atoms with Gasteiger partial charge in [-0.05, 0) is 50.3 Å². The average molecular weight is 572 g/mol. The van der Waals surface area contributed by atoms with Gasteiger partial charge in [0.25, 0.3) is 0 Å². The van der Waals surface area contributed by atoms with E-state index in [0.717, 1.165) is 35.6 Å². The fourth-order valence-electron chi connectivity index (χ4n) is 5.35. The number of carbonyl (C=O) groups is 2. The summed E-state index contributed by atoms with van der Waals surface area (Å²) in [5, 5.41) is 3.17. The maximum Gasteiger partial charge on any atom is 0.244 e. The van der Waals surface area contributed by atoms with Gasteiger partial charge in [-0.3, -0.25) is 13.9 Å². The third-order valence-corrected chi connectivity index (χ3v) is 9.36. The smallest absolute Gasteiger partial charge is 0.244 e. The van der Waals surface area contributed by atoms with E-state index in [1.54, 1.807) is 30.0 Å². The van der Waals surface area contributed by atoms with E-state index in [2.05, 4.69) is 5.32 Å². The molecule has 1 unspecified atom stereocenters. The highest BCUT2D eigenvalue weighted by Crippen LogP contribution is 2.35. The van der Waals surface area contributed by atoms with Crippen molar-refractivity contribution in [1.82, 2.24) is 10.2 Å². The summed E-state index contributed by atoms with van der Waals surface area (Å²) in [7, 11) is -3.82. The number of nitrogens with zero attached hydrogens (tertiary/aromatic N) is 2. The predicted octanol–water partition coefficient (Wildman–Crippen LogP) is 3.91. The Balaban J connectivity index is 1.60. The Kier molecular flexibility index (Phi) is 10.3. The normalized spacial score (nSPS) is 16.1. The topological polar surface area (TPSA) is 105 Å². The van der Waals surface area contributed by atoms with Crippen LogP contribution in [0.4, 0.5) is 5.69 Å². The summed E-state index contributed by atoms with van der Waals surface area (Å²) in [5.41, 5.74) is 1.36. The van der Waals surface area contributed by atoms with Gasteiger partial charge in [0.05, 0.1) is 11.4 Å². The lowest BCUT2D eigenvalue weighted by atomic mass is 9.95. The molecule has 9 nitrogen and oxygen atoms in total. The van der Waals surface area contributed by atoms with Crippen LogP contribution >= 0.6 is 0 Å². The van der Waals surface area contributed by atoms with Gasteiger partial charge in [-0.1, -0.05) is 56.5 Å². The van der Waals surface area contributed by atoms with Crippen molar-refractivity contribution in [3.8, 4) is 11.5 Å². The minimum absolute atomic E-state index is 0.107. The van der Waals surface area contributed by atoms with Crippen LogP contribution in [0.2, 0.25) is 0 Å². The first-order valence-corrected chi connectivity index (χ1v) is 16.0. The molecule has 218 valence electrons. The number of ether oxygens (including phenoxy) is 2. The highest BCUT2D eigenvalue weighted by atomic mass is 32.2. The van der Waals surface area contributed by atoms with Crippen molar-refractivity contribution in [1.29, 1.82) is 0 Å². The molecule has 2 aromatic carbocycles. The molecule has 0 spiro atoms. The number of fused-ring (bicyclic) bond motifs is 1. The Hall–Kier alpha value is -3.27. The number of anilines is 1. The van der Waals surface area contributed by atoms with Gasteiger partial charge in [-0.25, -0.2) is 8.42 Å². The highest BCUT2D eigenvalue weighted by Gasteiger charge is 2.33. The average Bonchev–Trinajstić information content (AvgIpc) is 2.98. The van der Waals surface area contributed by atoms with Gasteiger partial charge in [0.1, 0.15) is 25.8 Å². The predicted molar refractivity (Wildman–Crippen MR) is 155 cm³/mol. The number of nitrogens with one attached hydrogen (secondary N) is 1. The van der Waals surface area contributed by atoms with Crippen molar-refractivity contribution in [2.45, 2.75) is 70.9 Å². The molecule has 1 aliphatic heterocycles. The third-order valence-electron chi connectivity index (χ3n) is 7.61. The molecule has 2 amide bonds. The number of carbonyl (C=O) groups excluding carboxylic acids is 2. The molecule has 1 N–H and O–H groups in total. The fourth-order valence-corrected chi connectivity index (χ4v) is 6.40. The van der Waals surface area contributed by atoms with E-state index in [-0.39, 0.29) is 17.7 Å². The fraction of sp³-hybridized carbons (Fsp3) is 0.533. The molecule has 10 heteroatoms. The molecule has 1 heterocycles. The zero-order chi connectivity index (χ0) is 28.5. The van der Waals surface area contributed by atoms with Gasteiger partial charge in [0, 0.05) is 18.7 Å². The second kappa shape index (κ2) is 13.9. The summed E-state index contributed by atoms with van der Waals surface area (Å²) < 4.78 is 38.9. The van der Waals surface area contributed by atoms with E-state index >= 15 is 0 Å². The number of rotatable bonds is 12. The van der Waals surface area contributed by atoms with Crippen LogP contribution in [0.1, 0.15) is 57.9 Å². The molecule has 0 radical (unpaired) electrons. The van der Waals surface area contributed by atoms with Crippen LogP contribution in [0.3, 0.4) is 0 Å². The summed E-state index contributed by atoms with van der Waals surface area (Å²) in [4.78, 5) is 29.0. The van der Waals surface area contributed by atoms with Gasteiger partial charge in [-0.2, -0.15) is 0 Å². The van der Waals surface area contributed by atoms with Gasteiger partial charge in [0.15, 0.2) is 11.5 Å². The molecule has 1 atom stereocenters. The van der Waals surface area contributed by atoms with Crippen LogP contribution in [0, 0.1) is 0 Å². The van der Waals surface area contributed by atoms with Crippen LogP contribution in [0.5, 0.6) is 11.5 Å².